The van der Waals surface area contributed by atoms with Gasteiger partial charge in [0.15, 0.2) is 5.78 Å². The number of hydrogen-bond acceptors (Lipinski definition) is 3. The lowest BCUT2D eigenvalue weighted by Gasteiger charge is -2.34. The molecule has 3 rings (SSSR count). The number of nitrogens with zero attached hydrogens (tertiary/aromatic N) is 2. The van der Waals surface area contributed by atoms with Crippen LogP contribution < -0.4 is 0 Å². The van der Waals surface area contributed by atoms with Crippen LogP contribution in [0, 0.1) is 19.8 Å². The molecule has 1 aromatic carbocycles. The van der Waals surface area contributed by atoms with Crippen LogP contribution in [-0.2, 0) is 9.59 Å². The largest absolute Gasteiger partial charge is 0.343 e. The first kappa shape index (κ1) is 21.5. The van der Waals surface area contributed by atoms with Crippen LogP contribution in [0.1, 0.15) is 72.9 Å². The molecule has 0 radical (unpaired) electrons. The fourth-order valence-electron chi connectivity index (χ4n) is 4.36. The Balaban J connectivity index is 1.44. The molecule has 2 fully saturated rings. The van der Waals surface area contributed by atoms with Gasteiger partial charge in [-0.25, -0.2) is 0 Å². The van der Waals surface area contributed by atoms with Crippen LogP contribution in [0.15, 0.2) is 18.2 Å². The van der Waals surface area contributed by atoms with Crippen molar-refractivity contribution in [1.29, 1.82) is 0 Å². The molecule has 0 aromatic heterocycles. The number of aryl methyl sites for hydroxylation is 2. The van der Waals surface area contributed by atoms with Crippen molar-refractivity contribution in [2.24, 2.45) is 5.92 Å². The monoisotopic (exact) mass is 398 g/mol. The zero-order valence-corrected chi connectivity index (χ0v) is 17.9. The molecule has 1 aromatic rings. The number of likely N-dealkylation sites (tertiary alicyclic amines) is 2. The SMILES string of the molecule is Cc1ccc(C(=O)CCC(=O)N2CCC(C(=O)N3CCCCCC3)CC2)cc1C. The Labute approximate surface area is 174 Å². The summed E-state index contributed by atoms with van der Waals surface area (Å²) >= 11 is 0. The second kappa shape index (κ2) is 10.0. The number of hydrogen-bond donors (Lipinski definition) is 0. The van der Waals surface area contributed by atoms with E-state index in [2.05, 4.69) is 0 Å². The van der Waals surface area contributed by atoms with Crippen molar-refractivity contribution >= 4 is 17.6 Å². The summed E-state index contributed by atoms with van der Waals surface area (Å²) in [6.07, 6.45) is 6.63. The first-order valence-corrected chi connectivity index (χ1v) is 11.1. The molecular formula is C24H34N2O3. The Kier molecular flexibility index (Phi) is 7.45. The van der Waals surface area contributed by atoms with E-state index in [0.29, 0.717) is 18.7 Å². The van der Waals surface area contributed by atoms with Gasteiger partial charge in [-0.05, 0) is 56.7 Å². The molecule has 2 aliphatic heterocycles. The summed E-state index contributed by atoms with van der Waals surface area (Å²) in [7, 11) is 0. The highest BCUT2D eigenvalue weighted by Crippen LogP contribution is 2.22. The summed E-state index contributed by atoms with van der Waals surface area (Å²) in [6, 6.07) is 5.70. The Morgan fingerprint density at radius 3 is 2.10 bits per heavy atom. The van der Waals surface area contributed by atoms with E-state index in [9.17, 15) is 14.4 Å². The summed E-state index contributed by atoms with van der Waals surface area (Å²) in [5, 5.41) is 0. The number of carbonyl (C=O) groups excluding carboxylic acids is 3. The van der Waals surface area contributed by atoms with Crippen molar-refractivity contribution in [1.82, 2.24) is 9.80 Å². The third kappa shape index (κ3) is 5.68. The van der Waals surface area contributed by atoms with Crippen molar-refractivity contribution in [3.8, 4) is 0 Å². The predicted molar refractivity (Wildman–Crippen MR) is 114 cm³/mol. The van der Waals surface area contributed by atoms with Crippen LogP contribution in [0.4, 0.5) is 0 Å². The summed E-state index contributed by atoms with van der Waals surface area (Å²) in [6.45, 7) is 7.04. The second-order valence-electron chi connectivity index (χ2n) is 8.62. The molecule has 2 amide bonds. The van der Waals surface area contributed by atoms with Crippen molar-refractivity contribution in [2.75, 3.05) is 26.2 Å². The van der Waals surface area contributed by atoms with Crippen molar-refractivity contribution < 1.29 is 14.4 Å². The second-order valence-corrected chi connectivity index (χ2v) is 8.62. The van der Waals surface area contributed by atoms with E-state index in [0.717, 1.165) is 49.9 Å². The third-order valence-corrected chi connectivity index (χ3v) is 6.51. The van der Waals surface area contributed by atoms with Gasteiger partial charge in [0.25, 0.3) is 0 Å². The van der Waals surface area contributed by atoms with Gasteiger partial charge in [-0.15, -0.1) is 0 Å². The number of Topliss-reactive ketones (excluding diaryl/α,β-unsaturated/α-hetero) is 1. The van der Waals surface area contributed by atoms with Gasteiger partial charge in [0.05, 0.1) is 0 Å². The maximum atomic E-state index is 12.8. The lowest BCUT2D eigenvalue weighted by molar-refractivity contribution is -0.140. The smallest absolute Gasteiger partial charge is 0.225 e. The van der Waals surface area contributed by atoms with Crippen molar-refractivity contribution in [2.45, 2.75) is 65.2 Å². The first-order chi connectivity index (χ1) is 14.0. The van der Waals surface area contributed by atoms with Gasteiger partial charge < -0.3 is 9.80 Å². The molecule has 0 aliphatic carbocycles. The van der Waals surface area contributed by atoms with E-state index in [-0.39, 0.29) is 36.4 Å². The number of ketones is 1. The van der Waals surface area contributed by atoms with Gasteiger partial charge in [-0.1, -0.05) is 25.0 Å². The molecule has 0 unspecified atom stereocenters. The average Bonchev–Trinajstić information content (AvgIpc) is 3.03. The quantitative estimate of drug-likeness (QED) is 0.707. The molecule has 0 saturated carbocycles. The van der Waals surface area contributed by atoms with E-state index in [4.69, 9.17) is 0 Å². The topological polar surface area (TPSA) is 57.7 Å². The van der Waals surface area contributed by atoms with Gasteiger partial charge in [0.2, 0.25) is 11.8 Å². The summed E-state index contributed by atoms with van der Waals surface area (Å²) in [4.78, 5) is 41.6. The minimum atomic E-state index is 0.0210. The highest BCUT2D eigenvalue weighted by Gasteiger charge is 2.30. The molecule has 5 heteroatoms. The molecular weight excluding hydrogens is 364 g/mol. The van der Waals surface area contributed by atoms with E-state index in [1.807, 2.05) is 41.8 Å². The highest BCUT2D eigenvalue weighted by molar-refractivity contribution is 5.98. The van der Waals surface area contributed by atoms with Crippen molar-refractivity contribution in [3.63, 3.8) is 0 Å². The van der Waals surface area contributed by atoms with Crippen LogP contribution in [-0.4, -0.2) is 53.6 Å². The number of benzene rings is 1. The zero-order chi connectivity index (χ0) is 20.8. The van der Waals surface area contributed by atoms with Crippen LogP contribution in [0.5, 0.6) is 0 Å². The van der Waals surface area contributed by atoms with Gasteiger partial charge in [0, 0.05) is 50.5 Å². The van der Waals surface area contributed by atoms with Crippen LogP contribution in [0.3, 0.4) is 0 Å². The molecule has 0 N–H and O–H groups in total. The summed E-state index contributed by atoms with van der Waals surface area (Å²) in [5.74, 6) is 0.383. The summed E-state index contributed by atoms with van der Waals surface area (Å²) in [5.41, 5.74) is 2.94. The Morgan fingerprint density at radius 2 is 1.48 bits per heavy atom. The fraction of sp³-hybridized carbons (Fsp3) is 0.625. The van der Waals surface area contributed by atoms with Crippen molar-refractivity contribution in [3.05, 3.63) is 34.9 Å². The lowest BCUT2D eigenvalue weighted by Crippen LogP contribution is -2.44. The van der Waals surface area contributed by atoms with E-state index in [1.54, 1.807) is 0 Å². The maximum Gasteiger partial charge on any atom is 0.225 e. The van der Waals surface area contributed by atoms with Gasteiger partial charge >= 0.3 is 0 Å². The van der Waals surface area contributed by atoms with Crippen LogP contribution in [0.25, 0.3) is 0 Å². The summed E-state index contributed by atoms with van der Waals surface area (Å²) < 4.78 is 0. The molecule has 2 heterocycles. The fourth-order valence-corrected chi connectivity index (χ4v) is 4.36. The number of carbonyl (C=O) groups is 3. The van der Waals surface area contributed by atoms with E-state index in [1.165, 1.54) is 12.8 Å². The number of piperidine rings is 1. The first-order valence-electron chi connectivity index (χ1n) is 11.1. The Bertz CT molecular complexity index is 742. The van der Waals surface area contributed by atoms with Crippen LogP contribution in [0.2, 0.25) is 0 Å². The zero-order valence-electron chi connectivity index (χ0n) is 17.9. The molecule has 5 nitrogen and oxygen atoms in total. The van der Waals surface area contributed by atoms with Gasteiger partial charge in [-0.2, -0.15) is 0 Å². The highest BCUT2D eigenvalue weighted by atomic mass is 16.2. The Morgan fingerprint density at radius 1 is 0.828 bits per heavy atom. The average molecular weight is 399 g/mol. The number of rotatable bonds is 5. The van der Waals surface area contributed by atoms with Gasteiger partial charge in [0.1, 0.15) is 0 Å². The molecule has 29 heavy (non-hydrogen) atoms. The van der Waals surface area contributed by atoms with E-state index >= 15 is 0 Å². The standard InChI is InChI=1S/C24H34N2O3/c1-18-7-8-21(17-19(18)2)22(27)9-10-23(28)25-15-11-20(12-16-25)24(29)26-13-5-3-4-6-14-26/h7-8,17,20H,3-6,9-16H2,1-2H3. The Hall–Kier alpha value is -2.17. The lowest BCUT2D eigenvalue weighted by atomic mass is 9.94. The van der Waals surface area contributed by atoms with E-state index < -0.39 is 0 Å². The predicted octanol–water partition coefficient (Wildman–Crippen LogP) is 3.91. The molecule has 2 aliphatic rings. The molecule has 0 atom stereocenters. The molecule has 0 spiro atoms. The molecule has 0 bridgehead atoms. The normalized spacial score (nSPS) is 18.4. The number of amides is 2. The third-order valence-electron chi connectivity index (χ3n) is 6.51. The molecule has 2 saturated heterocycles. The maximum absolute atomic E-state index is 12.8. The molecule has 158 valence electrons. The minimum absolute atomic E-state index is 0.0210. The van der Waals surface area contributed by atoms with Gasteiger partial charge in [-0.3, -0.25) is 14.4 Å². The van der Waals surface area contributed by atoms with Crippen LogP contribution >= 0.6 is 0 Å². The minimum Gasteiger partial charge on any atom is -0.343 e.